The Kier molecular flexibility index (Phi) is 7.49. The van der Waals surface area contributed by atoms with Gasteiger partial charge in [0.1, 0.15) is 17.2 Å². The van der Waals surface area contributed by atoms with Crippen LogP contribution in [0.1, 0.15) is 20.8 Å². The lowest BCUT2D eigenvalue weighted by atomic mass is 10.3. The summed E-state index contributed by atoms with van der Waals surface area (Å²) in [7, 11) is 0. The van der Waals surface area contributed by atoms with Gasteiger partial charge in [-0.2, -0.15) is 0 Å². The molecule has 0 saturated carbocycles. The number of benzene rings is 2. The van der Waals surface area contributed by atoms with Crippen molar-refractivity contribution in [3.63, 3.8) is 0 Å². The quantitative estimate of drug-likeness (QED) is 0.695. The minimum atomic E-state index is -0.798. The molecule has 0 spiro atoms. The molecule has 2 amide bonds. The number of rotatable bonds is 8. The second kappa shape index (κ2) is 10.1. The van der Waals surface area contributed by atoms with Gasteiger partial charge < -0.3 is 14.2 Å². The van der Waals surface area contributed by atoms with Crippen molar-refractivity contribution in [2.45, 2.75) is 33.0 Å². The molecule has 2 rings (SSSR count). The zero-order valence-corrected chi connectivity index (χ0v) is 15.6. The van der Waals surface area contributed by atoms with Crippen LogP contribution in [0.3, 0.4) is 0 Å². The van der Waals surface area contributed by atoms with Gasteiger partial charge in [-0.1, -0.05) is 18.2 Å². The van der Waals surface area contributed by atoms with E-state index in [1.807, 2.05) is 25.1 Å². The molecule has 2 N–H and O–H groups in total. The third-order valence-corrected chi connectivity index (χ3v) is 3.55. The number of hydrogen-bond acceptors (Lipinski definition) is 5. The van der Waals surface area contributed by atoms with Crippen LogP contribution in [0.2, 0.25) is 0 Å². The van der Waals surface area contributed by atoms with Crippen LogP contribution in [-0.2, 0) is 9.59 Å². The summed E-state index contributed by atoms with van der Waals surface area (Å²) in [6.07, 6.45) is -1.57. The third-order valence-electron chi connectivity index (χ3n) is 3.55. The van der Waals surface area contributed by atoms with Crippen LogP contribution in [0.25, 0.3) is 0 Å². The van der Waals surface area contributed by atoms with E-state index < -0.39 is 24.0 Å². The normalized spacial score (nSPS) is 12.4. The average Bonchev–Trinajstić information content (AvgIpc) is 2.68. The van der Waals surface area contributed by atoms with Crippen molar-refractivity contribution < 1.29 is 23.8 Å². The molecule has 0 aromatic heterocycles. The molecule has 2 atom stereocenters. The highest BCUT2D eigenvalue weighted by atomic mass is 16.5. The van der Waals surface area contributed by atoms with E-state index in [-0.39, 0.29) is 0 Å². The van der Waals surface area contributed by atoms with E-state index in [2.05, 4.69) is 10.9 Å². The molecule has 0 unspecified atom stereocenters. The summed E-state index contributed by atoms with van der Waals surface area (Å²) in [6.45, 7) is 5.65. The van der Waals surface area contributed by atoms with Crippen molar-refractivity contribution in [1.82, 2.24) is 10.9 Å². The van der Waals surface area contributed by atoms with Crippen LogP contribution >= 0.6 is 0 Å². The van der Waals surface area contributed by atoms with Gasteiger partial charge in [-0.3, -0.25) is 20.4 Å². The summed E-state index contributed by atoms with van der Waals surface area (Å²) in [5.74, 6) is 0.859. The first-order valence-corrected chi connectivity index (χ1v) is 8.70. The Bertz CT molecular complexity index is 734. The molecule has 27 heavy (non-hydrogen) atoms. The second-order valence-electron chi connectivity index (χ2n) is 5.72. The maximum Gasteiger partial charge on any atom is 0.279 e. The Hall–Kier alpha value is -3.22. The van der Waals surface area contributed by atoms with Gasteiger partial charge in [0.2, 0.25) is 0 Å². The van der Waals surface area contributed by atoms with Gasteiger partial charge in [0, 0.05) is 0 Å². The van der Waals surface area contributed by atoms with Crippen LogP contribution in [0, 0.1) is 0 Å². The van der Waals surface area contributed by atoms with Gasteiger partial charge >= 0.3 is 0 Å². The first kappa shape index (κ1) is 20.1. The fourth-order valence-electron chi connectivity index (χ4n) is 2.12. The molecule has 2 aromatic rings. The molecule has 2 aromatic carbocycles. The van der Waals surface area contributed by atoms with Crippen LogP contribution in [0.5, 0.6) is 17.2 Å². The minimum absolute atomic E-state index is 0.472. The van der Waals surface area contributed by atoms with E-state index in [0.29, 0.717) is 18.1 Å². The van der Waals surface area contributed by atoms with E-state index in [1.165, 1.54) is 0 Å². The van der Waals surface area contributed by atoms with E-state index >= 15 is 0 Å². The van der Waals surface area contributed by atoms with Gasteiger partial charge in [-0.05, 0) is 57.2 Å². The Morgan fingerprint density at radius 1 is 0.778 bits per heavy atom. The summed E-state index contributed by atoms with van der Waals surface area (Å²) in [4.78, 5) is 24.1. The number of amides is 2. The highest BCUT2D eigenvalue weighted by Gasteiger charge is 2.19. The smallest absolute Gasteiger partial charge is 0.279 e. The number of hydrogen-bond donors (Lipinski definition) is 2. The van der Waals surface area contributed by atoms with Crippen molar-refractivity contribution in [1.29, 1.82) is 0 Å². The number of ether oxygens (including phenoxy) is 3. The predicted molar refractivity (Wildman–Crippen MR) is 101 cm³/mol. The molecule has 0 heterocycles. The number of nitrogens with one attached hydrogen (secondary N) is 2. The first-order valence-electron chi connectivity index (χ1n) is 8.70. The van der Waals surface area contributed by atoms with Crippen LogP contribution < -0.4 is 25.1 Å². The van der Waals surface area contributed by atoms with E-state index in [4.69, 9.17) is 14.2 Å². The lowest BCUT2D eigenvalue weighted by Gasteiger charge is -2.18. The number of carbonyl (C=O) groups is 2. The van der Waals surface area contributed by atoms with Gasteiger partial charge in [0.25, 0.3) is 11.8 Å². The molecular weight excluding hydrogens is 348 g/mol. The Morgan fingerprint density at radius 3 is 1.70 bits per heavy atom. The number of hydrazine groups is 1. The lowest BCUT2D eigenvalue weighted by Crippen LogP contribution is -2.50. The Balaban J connectivity index is 1.77. The van der Waals surface area contributed by atoms with Crippen LogP contribution in [-0.4, -0.2) is 30.6 Å². The molecule has 7 nitrogen and oxygen atoms in total. The SMILES string of the molecule is CCOc1ccc(O[C@H](C)C(=O)NNC(=O)[C@@H](C)Oc2ccccc2)cc1. The van der Waals surface area contributed by atoms with E-state index in [0.717, 1.165) is 5.75 Å². The summed E-state index contributed by atoms with van der Waals surface area (Å²) in [5, 5.41) is 0. The zero-order chi connectivity index (χ0) is 19.6. The topological polar surface area (TPSA) is 85.9 Å². The highest BCUT2D eigenvalue weighted by Crippen LogP contribution is 2.18. The fourth-order valence-corrected chi connectivity index (χ4v) is 2.12. The third kappa shape index (κ3) is 6.54. The monoisotopic (exact) mass is 372 g/mol. The summed E-state index contributed by atoms with van der Waals surface area (Å²) < 4.78 is 16.4. The Morgan fingerprint density at radius 2 is 1.22 bits per heavy atom. The van der Waals surface area contributed by atoms with Gasteiger partial charge in [-0.25, -0.2) is 0 Å². The molecule has 0 saturated heterocycles. The maximum atomic E-state index is 12.1. The maximum absolute atomic E-state index is 12.1. The van der Waals surface area contributed by atoms with Crippen LogP contribution in [0.15, 0.2) is 54.6 Å². The summed E-state index contributed by atoms with van der Waals surface area (Å²) in [6, 6.07) is 15.9. The van der Waals surface area contributed by atoms with Gasteiger partial charge in [-0.15, -0.1) is 0 Å². The first-order chi connectivity index (χ1) is 13.0. The molecule has 0 aliphatic carbocycles. The number of carbonyl (C=O) groups excluding carboxylic acids is 2. The molecule has 0 aliphatic heterocycles. The lowest BCUT2D eigenvalue weighted by molar-refractivity contribution is -0.135. The van der Waals surface area contributed by atoms with E-state index in [9.17, 15) is 9.59 Å². The highest BCUT2D eigenvalue weighted by molar-refractivity contribution is 5.86. The summed E-state index contributed by atoms with van der Waals surface area (Å²) in [5.41, 5.74) is 4.66. The molecule has 0 aliphatic rings. The molecule has 7 heteroatoms. The molecule has 0 fully saturated rings. The Labute approximate surface area is 158 Å². The fraction of sp³-hybridized carbons (Fsp3) is 0.300. The molecule has 0 bridgehead atoms. The van der Waals surface area contributed by atoms with Crippen molar-refractivity contribution in [3.8, 4) is 17.2 Å². The molecular formula is C20H24N2O5. The predicted octanol–water partition coefficient (Wildman–Crippen LogP) is 2.47. The van der Waals surface area contributed by atoms with Crippen LogP contribution in [0.4, 0.5) is 0 Å². The van der Waals surface area contributed by atoms with E-state index in [1.54, 1.807) is 50.2 Å². The average molecular weight is 372 g/mol. The van der Waals surface area contributed by atoms with Gasteiger partial charge in [0.15, 0.2) is 12.2 Å². The minimum Gasteiger partial charge on any atom is -0.494 e. The molecule has 144 valence electrons. The largest absolute Gasteiger partial charge is 0.494 e. The zero-order valence-electron chi connectivity index (χ0n) is 15.6. The second-order valence-corrected chi connectivity index (χ2v) is 5.72. The van der Waals surface area contributed by atoms with Gasteiger partial charge in [0.05, 0.1) is 6.61 Å². The molecule has 0 radical (unpaired) electrons. The van der Waals surface area contributed by atoms with Crippen molar-refractivity contribution in [2.24, 2.45) is 0 Å². The van der Waals surface area contributed by atoms with Crippen molar-refractivity contribution >= 4 is 11.8 Å². The summed E-state index contributed by atoms with van der Waals surface area (Å²) >= 11 is 0. The van der Waals surface area contributed by atoms with Crippen molar-refractivity contribution in [2.75, 3.05) is 6.61 Å². The van der Waals surface area contributed by atoms with Crippen molar-refractivity contribution in [3.05, 3.63) is 54.6 Å². The number of para-hydroxylation sites is 1. The standard InChI is InChI=1S/C20H24N2O5/c1-4-25-16-10-12-18(13-11-16)27-15(3)20(24)22-21-19(23)14(2)26-17-8-6-5-7-9-17/h5-15H,4H2,1-3H3,(H,21,23)(H,22,24)/t14-,15-/m1/s1.